The average Bonchev–Trinajstić information content (AvgIpc) is 2.46. The Hall–Kier alpha value is -2.62. The maximum absolute atomic E-state index is 12.3. The van der Waals surface area contributed by atoms with Crippen molar-refractivity contribution >= 4 is 11.8 Å². The fraction of sp³-hybridized carbons (Fsp3) is 0.125. The van der Waals surface area contributed by atoms with Crippen LogP contribution in [0.15, 0.2) is 60.2 Å². The van der Waals surface area contributed by atoms with Gasteiger partial charge in [0.25, 0.3) is 0 Å². The van der Waals surface area contributed by atoms with Crippen LogP contribution >= 0.6 is 0 Å². The first-order valence-electron chi connectivity index (χ1n) is 5.96. The van der Waals surface area contributed by atoms with Crippen LogP contribution in [0.4, 0.5) is 0 Å². The molecule has 0 atom stereocenters. The molecular weight excluding hydrogens is 256 g/mol. The average molecular weight is 272 g/mol. The number of hydrogen-bond donors (Lipinski definition) is 1. The molecule has 1 aromatic carbocycles. The van der Waals surface area contributed by atoms with E-state index < -0.39 is 5.97 Å². The summed E-state index contributed by atoms with van der Waals surface area (Å²) in [6.45, 7) is 5.08. The summed E-state index contributed by atoms with van der Waals surface area (Å²) in [5.74, 6) is -0.894. The van der Waals surface area contributed by atoms with Crippen molar-refractivity contribution in [2.24, 2.45) is 0 Å². The lowest BCUT2D eigenvalue weighted by Gasteiger charge is -2.07. The van der Waals surface area contributed by atoms with Crippen molar-refractivity contribution in [2.75, 3.05) is 7.11 Å². The largest absolute Gasteiger partial charge is 0.497 e. The lowest BCUT2D eigenvalue weighted by atomic mass is 9.96. The summed E-state index contributed by atoms with van der Waals surface area (Å²) in [7, 11) is 1.53. The highest BCUT2D eigenvalue weighted by atomic mass is 16.5. The van der Waals surface area contributed by atoms with Crippen LogP contribution in [0.2, 0.25) is 0 Å². The molecule has 0 amide bonds. The first-order valence-corrected chi connectivity index (χ1v) is 5.96. The minimum Gasteiger partial charge on any atom is -0.497 e. The number of carbonyl (C=O) groups excluding carboxylic acids is 1. The fourth-order valence-corrected chi connectivity index (χ4v) is 1.70. The molecule has 0 saturated heterocycles. The molecule has 1 aromatic rings. The smallest absolute Gasteiger partial charge is 0.336 e. The van der Waals surface area contributed by atoms with Crippen molar-refractivity contribution < 1.29 is 19.4 Å². The minimum absolute atomic E-state index is 0.0803. The summed E-state index contributed by atoms with van der Waals surface area (Å²) >= 11 is 0. The second kappa shape index (κ2) is 7.09. The molecule has 0 radical (unpaired) electrons. The maximum Gasteiger partial charge on any atom is 0.336 e. The lowest BCUT2D eigenvalue weighted by Crippen LogP contribution is -2.12. The number of benzene rings is 1. The molecule has 1 N–H and O–H groups in total. The third-order valence-corrected chi connectivity index (χ3v) is 2.69. The highest BCUT2D eigenvalue weighted by Crippen LogP contribution is 2.19. The number of hydrogen-bond acceptors (Lipinski definition) is 3. The van der Waals surface area contributed by atoms with Crippen LogP contribution in [0.5, 0.6) is 5.75 Å². The van der Waals surface area contributed by atoms with E-state index in [4.69, 9.17) is 9.84 Å². The van der Waals surface area contributed by atoms with E-state index in [1.54, 1.807) is 31.2 Å². The van der Waals surface area contributed by atoms with E-state index in [-0.39, 0.29) is 16.9 Å². The van der Waals surface area contributed by atoms with Gasteiger partial charge in [-0.1, -0.05) is 18.7 Å². The summed E-state index contributed by atoms with van der Waals surface area (Å²) in [5, 5.41) is 9.15. The summed E-state index contributed by atoms with van der Waals surface area (Å²) in [5.41, 5.74) is 0.445. The van der Waals surface area contributed by atoms with E-state index >= 15 is 0 Å². The number of carboxylic acids is 1. The molecule has 4 heteroatoms. The normalized spacial score (nSPS) is 11.9. The number of ketones is 1. The highest BCUT2D eigenvalue weighted by Gasteiger charge is 2.20. The number of methoxy groups -OCH3 is 1. The number of aliphatic carboxylic acids is 1. The van der Waals surface area contributed by atoms with Gasteiger partial charge >= 0.3 is 5.97 Å². The topological polar surface area (TPSA) is 63.6 Å². The van der Waals surface area contributed by atoms with Crippen molar-refractivity contribution in [3.8, 4) is 5.75 Å². The fourth-order valence-electron chi connectivity index (χ4n) is 1.70. The standard InChI is InChI=1S/C16H16O4/c1-4-6-14(16(18)19)13(5-2)15(17)11-7-9-12(20-3)10-8-11/h4-10H,1H2,2-3H3,(H,18,19)/b13-5+,14-6+. The molecular formula is C16H16O4. The predicted molar refractivity (Wildman–Crippen MR) is 77.0 cm³/mol. The van der Waals surface area contributed by atoms with E-state index in [0.717, 1.165) is 0 Å². The van der Waals surface area contributed by atoms with Gasteiger partial charge in [-0.05, 0) is 37.3 Å². The van der Waals surface area contributed by atoms with Crippen molar-refractivity contribution in [1.82, 2.24) is 0 Å². The molecule has 0 unspecified atom stereocenters. The number of carbonyl (C=O) groups is 2. The Morgan fingerprint density at radius 2 is 1.80 bits per heavy atom. The first kappa shape index (κ1) is 15.4. The van der Waals surface area contributed by atoms with Gasteiger partial charge in [0.15, 0.2) is 5.78 Å². The van der Waals surface area contributed by atoms with Crippen LogP contribution in [0, 0.1) is 0 Å². The third-order valence-electron chi connectivity index (χ3n) is 2.69. The Balaban J connectivity index is 3.17. The first-order chi connectivity index (χ1) is 9.54. The molecule has 1 rings (SSSR count). The van der Waals surface area contributed by atoms with E-state index in [2.05, 4.69) is 6.58 Å². The maximum atomic E-state index is 12.3. The van der Waals surface area contributed by atoms with Gasteiger partial charge in [-0.3, -0.25) is 4.79 Å². The molecule has 0 aliphatic rings. The van der Waals surface area contributed by atoms with Gasteiger partial charge < -0.3 is 9.84 Å². The van der Waals surface area contributed by atoms with Gasteiger partial charge in [-0.15, -0.1) is 0 Å². The van der Waals surface area contributed by atoms with Crippen LogP contribution in [0.3, 0.4) is 0 Å². The quantitative estimate of drug-likeness (QED) is 0.491. The van der Waals surface area contributed by atoms with Crippen LogP contribution in [-0.2, 0) is 4.79 Å². The van der Waals surface area contributed by atoms with Crippen LogP contribution in [-0.4, -0.2) is 24.0 Å². The van der Waals surface area contributed by atoms with Crippen molar-refractivity contribution in [2.45, 2.75) is 6.92 Å². The Morgan fingerprint density at radius 3 is 2.20 bits per heavy atom. The van der Waals surface area contributed by atoms with Crippen LogP contribution in [0.1, 0.15) is 17.3 Å². The second-order valence-electron chi connectivity index (χ2n) is 3.88. The number of allylic oxidation sites excluding steroid dienone is 3. The summed E-state index contributed by atoms with van der Waals surface area (Å²) in [6.07, 6.45) is 4.13. The van der Waals surface area contributed by atoms with Crippen molar-refractivity contribution in [3.63, 3.8) is 0 Å². The van der Waals surface area contributed by atoms with Crippen molar-refractivity contribution in [1.29, 1.82) is 0 Å². The minimum atomic E-state index is -1.17. The number of ether oxygens (including phenoxy) is 1. The number of carboxylic acid groups (broad SMARTS) is 1. The van der Waals surface area contributed by atoms with Gasteiger partial charge in [-0.2, -0.15) is 0 Å². The summed E-state index contributed by atoms with van der Waals surface area (Å²) < 4.78 is 5.02. The Bertz CT molecular complexity index is 577. The molecule has 104 valence electrons. The van der Waals surface area contributed by atoms with Gasteiger partial charge in [0.2, 0.25) is 0 Å². The zero-order valence-electron chi connectivity index (χ0n) is 11.4. The number of Topliss-reactive ketones (excluding diaryl/α,β-unsaturated/α-hetero) is 1. The molecule has 0 saturated carbocycles. The van der Waals surface area contributed by atoms with Gasteiger partial charge in [-0.25, -0.2) is 4.79 Å². The molecule has 20 heavy (non-hydrogen) atoms. The summed E-state index contributed by atoms with van der Waals surface area (Å²) in [6, 6.07) is 6.49. The predicted octanol–water partition coefficient (Wildman–Crippen LogP) is 3.02. The van der Waals surface area contributed by atoms with E-state index in [0.29, 0.717) is 11.3 Å². The molecule has 4 nitrogen and oxygen atoms in total. The summed E-state index contributed by atoms with van der Waals surface area (Å²) in [4.78, 5) is 23.5. The highest BCUT2D eigenvalue weighted by molar-refractivity contribution is 6.17. The lowest BCUT2D eigenvalue weighted by molar-refractivity contribution is -0.132. The molecule has 0 aliphatic heterocycles. The van der Waals surface area contributed by atoms with E-state index in [9.17, 15) is 9.59 Å². The SMILES string of the molecule is C=C/C=C(C(=O)O)\C(=C/C)C(=O)c1ccc(OC)cc1. The Labute approximate surface area is 117 Å². The van der Waals surface area contributed by atoms with Gasteiger partial charge in [0, 0.05) is 11.1 Å². The monoisotopic (exact) mass is 272 g/mol. The molecule has 0 aromatic heterocycles. The molecule has 0 spiro atoms. The van der Waals surface area contributed by atoms with Gasteiger partial charge in [0.1, 0.15) is 5.75 Å². The van der Waals surface area contributed by atoms with Crippen LogP contribution < -0.4 is 4.74 Å². The zero-order valence-corrected chi connectivity index (χ0v) is 11.4. The number of rotatable bonds is 6. The van der Waals surface area contributed by atoms with Crippen LogP contribution in [0.25, 0.3) is 0 Å². The third kappa shape index (κ3) is 3.45. The zero-order chi connectivity index (χ0) is 15.1. The molecule has 0 heterocycles. The van der Waals surface area contributed by atoms with Crippen molar-refractivity contribution in [3.05, 3.63) is 65.8 Å². The van der Waals surface area contributed by atoms with Gasteiger partial charge in [0.05, 0.1) is 12.7 Å². The molecule has 0 fully saturated rings. The molecule has 0 bridgehead atoms. The Kier molecular flexibility index (Phi) is 5.47. The Morgan fingerprint density at radius 1 is 1.20 bits per heavy atom. The second-order valence-corrected chi connectivity index (χ2v) is 3.88. The molecule has 0 aliphatic carbocycles. The van der Waals surface area contributed by atoms with E-state index in [1.165, 1.54) is 25.3 Å². The van der Waals surface area contributed by atoms with E-state index in [1.807, 2.05) is 0 Å².